The fourth-order valence-electron chi connectivity index (χ4n) is 1.94. The third-order valence-electron chi connectivity index (χ3n) is 3.04. The van der Waals surface area contributed by atoms with Crippen LogP contribution in [0.3, 0.4) is 0 Å². The minimum atomic E-state index is 0.889. The summed E-state index contributed by atoms with van der Waals surface area (Å²) in [6.07, 6.45) is 2.85. The summed E-state index contributed by atoms with van der Waals surface area (Å²) in [7, 11) is 0. The smallest absolute Gasteiger partial charge is 0.130 e. The summed E-state index contributed by atoms with van der Waals surface area (Å²) in [6.45, 7) is 6.35. The molecule has 0 radical (unpaired) electrons. The lowest BCUT2D eigenvalue weighted by Gasteiger charge is -2.14. The number of rotatable bonds is 3. The molecule has 1 heterocycles. The summed E-state index contributed by atoms with van der Waals surface area (Å²) in [6, 6.07) is 8.42. The fraction of sp³-hybridized carbons (Fsp3) is 0.267. The number of benzene rings is 1. The molecule has 0 unspecified atom stereocenters. The zero-order valence-electron chi connectivity index (χ0n) is 10.9. The second-order valence-electron chi connectivity index (χ2n) is 4.41. The van der Waals surface area contributed by atoms with E-state index >= 15 is 0 Å². The fourth-order valence-corrected chi connectivity index (χ4v) is 2.15. The van der Waals surface area contributed by atoms with Gasteiger partial charge in [0.05, 0.1) is 0 Å². The molecule has 0 aliphatic carbocycles. The van der Waals surface area contributed by atoms with Crippen LogP contribution in [0.4, 0.5) is 11.5 Å². The van der Waals surface area contributed by atoms with Crippen LogP contribution in [0.5, 0.6) is 0 Å². The molecule has 2 aromatic rings. The Morgan fingerprint density at radius 2 is 2.00 bits per heavy atom. The van der Waals surface area contributed by atoms with Crippen LogP contribution in [0.2, 0.25) is 0 Å². The topological polar surface area (TPSA) is 24.9 Å². The number of hydrogen-bond acceptors (Lipinski definition) is 2. The number of nitrogens with zero attached hydrogens (tertiary/aromatic N) is 1. The Labute approximate surface area is 117 Å². The number of para-hydroxylation sites is 1. The van der Waals surface area contributed by atoms with Gasteiger partial charge in [0.1, 0.15) is 5.82 Å². The predicted octanol–water partition coefficient (Wildman–Crippen LogP) is 4.77. The van der Waals surface area contributed by atoms with Crippen LogP contribution in [-0.4, -0.2) is 4.98 Å². The summed E-state index contributed by atoms with van der Waals surface area (Å²) in [5, 5.41) is 3.43. The van der Waals surface area contributed by atoms with Crippen LogP contribution in [-0.2, 0) is 6.42 Å². The first-order valence-corrected chi connectivity index (χ1v) is 6.88. The van der Waals surface area contributed by atoms with Crippen molar-refractivity contribution in [2.75, 3.05) is 5.32 Å². The van der Waals surface area contributed by atoms with Crippen LogP contribution in [0.15, 0.2) is 34.9 Å². The van der Waals surface area contributed by atoms with Crippen molar-refractivity contribution >= 4 is 27.4 Å². The Kier molecular flexibility index (Phi) is 4.02. The number of nitrogens with one attached hydrogen (secondary N) is 1. The molecular formula is C15H17BrN2. The maximum Gasteiger partial charge on any atom is 0.130 e. The van der Waals surface area contributed by atoms with Gasteiger partial charge in [-0.05, 0) is 59.0 Å². The molecule has 0 amide bonds. The molecule has 1 N–H and O–H groups in total. The second-order valence-corrected chi connectivity index (χ2v) is 5.26. The van der Waals surface area contributed by atoms with Crippen molar-refractivity contribution in [1.29, 1.82) is 0 Å². The molecule has 3 heteroatoms. The number of halogens is 1. The van der Waals surface area contributed by atoms with E-state index in [-0.39, 0.29) is 0 Å². The first-order valence-electron chi connectivity index (χ1n) is 6.09. The van der Waals surface area contributed by atoms with Gasteiger partial charge in [-0.1, -0.05) is 25.1 Å². The molecule has 0 atom stereocenters. The molecule has 0 saturated carbocycles. The van der Waals surface area contributed by atoms with Gasteiger partial charge in [0, 0.05) is 16.4 Å². The van der Waals surface area contributed by atoms with Gasteiger partial charge in [-0.15, -0.1) is 0 Å². The first-order chi connectivity index (χ1) is 8.61. The lowest BCUT2D eigenvalue weighted by atomic mass is 10.1. The molecule has 0 aliphatic heterocycles. The Bertz CT molecular complexity index is 564. The maximum absolute atomic E-state index is 4.39. The molecular weight excluding hydrogens is 288 g/mol. The standard InChI is InChI=1S/C15H17BrN2/c1-4-12-7-5-6-10(2)15(12)18-14-8-11(3)13(16)9-17-14/h5-9H,4H2,1-3H3,(H,17,18). The monoisotopic (exact) mass is 304 g/mol. The molecule has 1 aromatic heterocycles. The van der Waals surface area contributed by atoms with E-state index in [4.69, 9.17) is 0 Å². The lowest BCUT2D eigenvalue weighted by molar-refractivity contribution is 1.13. The van der Waals surface area contributed by atoms with E-state index in [1.54, 1.807) is 0 Å². The Hall–Kier alpha value is -1.35. The third kappa shape index (κ3) is 2.72. The lowest BCUT2D eigenvalue weighted by Crippen LogP contribution is -2.00. The zero-order chi connectivity index (χ0) is 13.1. The van der Waals surface area contributed by atoms with E-state index in [0.717, 1.165) is 16.7 Å². The van der Waals surface area contributed by atoms with Gasteiger partial charge in [-0.25, -0.2) is 4.98 Å². The molecule has 18 heavy (non-hydrogen) atoms. The Morgan fingerprint density at radius 1 is 1.22 bits per heavy atom. The van der Waals surface area contributed by atoms with Crippen molar-refractivity contribution in [1.82, 2.24) is 4.98 Å². The number of hydrogen-bond donors (Lipinski definition) is 1. The summed E-state index contributed by atoms with van der Waals surface area (Å²) in [5.41, 5.74) is 4.92. The van der Waals surface area contributed by atoms with E-state index in [2.05, 4.69) is 71.3 Å². The molecule has 2 nitrogen and oxygen atoms in total. The molecule has 0 saturated heterocycles. The van der Waals surface area contributed by atoms with Crippen molar-refractivity contribution in [3.63, 3.8) is 0 Å². The summed E-state index contributed by atoms with van der Waals surface area (Å²) >= 11 is 3.47. The zero-order valence-corrected chi connectivity index (χ0v) is 12.5. The highest BCUT2D eigenvalue weighted by Gasteiger charge is 2.06. The van der Waals surface area contributed by atoms with E-state index < -0.39 is 0 Å². The van der Waals surface area contributed by atoms with E-state index in [1.165, 1.54) is 22.4 Å². The van der Waals surface area contributed by atoms with Crippen LogP contribution < -0.4 is 5.32 Å². The van der Waals surface area contributed by atoms with Gasteiger partial charge in [0.15, 0.2) is 0 Å². The molecule has 0 spiro atoms. The molecule has 94 valence electrons. The normalized spacial score (nSPS) is 10.4. The maximum atomic E-state index is 4.39. The van der Waals surface area contributed by atoms with Gasteiger partial charge >= 0.3 is 0 Å². The number of aryl methyl sites for hydroxylation is 3. The van der Waals surface area contributed by atoms with Crippen LogP contribution in [0, 0.1) is 13.8 Å². The summed E-state index contributed by atoms with van der Waals surface area (Å²) in [5.74, 6) is 0.889. The van der Waals surface area contributed by atoms with E-state index in [9.17, 15) is 0 Å². The van der Waals surface area contributed by atoms with E-state index in [1.807, 2.05) is 6.20 Å². The highest BCUT2D eigenvalue weighted by Crippen LogP contribution is 2.26. The average molecular weight is 305 g/mol. The average Bonchev–Trinajstić information content (AvgIpc) is 2.36. The van der Waals surface area contributed by atoms with Gasteiger partial charge in [0.2, 0.25) is 0 Å². The van der Waals surface area contributed by atoms with Crippen molar-refractivity contribution in [3.8, 4) is 0 Å². The molecule has 1 aromatic carbocycles. The van der Waals surface area contributed by atoms with Gasteiger partial charge < -0.3 is 5.32 Å². The second kappa shape index (κ2) is 5.53. The third-order valence-corrected chi connectivity index (χ3v) is 3.87. The Balaban J connectivity index is 2.36. The van der Waals surface area contributed by atoms with Crippen LogP contribution in [0.1, 0.15) is 23.6 Å². The first kappa shape index (κ1) is 13.1. The van der Waals surface area contributed by atoms with Crippen LogP contribution >= 0.6 is 15.9 Å². The molecule has 0 fully saturated rings. The highest BCUT2D eigenvalue weighted by molar-refractivity contribution is 9.10. The predicted molar refractivity (Wildman–Crippen MR) is 80.5 cm³/mol. The van der Waals surface area contributed by atoms with Crippen molar-refractivity contribution in [2.45, 2.75) is 27.2 Å². The van der Waals surface area contributed by atoms with Gasteiger partial charge in [-0.2, -0.15) is 0 Å². The number of aromatic nitrogens is 1. The number of pyridine rings is 1. The van der Waals surface area contributed by atoms with Crippen molar-refractivity contribution in [2.24, 2.45) is 0 Å². The largest absolute Gasteiger partial charge is 0.340 e. The molecule has 0 bridgehead atoms. The quantitative estimate of drug-likeness (QED) is 0.883. The minimum Gasteiger partial charge on any atom is -0.340 e. The van der Waals surface area contributed by atoms with Crippen molar-refractivity contribution < 1.29 is 0 Å². The van der Waals surface area contributed by atoms with Crippen LogP contribution in [0.25, 0.3) is 0 Å². The van der Waals surface area contributed by atoms with Gasteiger partial charge in [-0.3, -0.25) is 0 Å². The number of anilines is 2. The SMILES string of the molecule is CCc1cccc(C)c1Nc1cc(C)c(Br)cn1. The summed E-state index contributed by atoms with van der Waals surface area (Å²) < 4.78 is 1.04. The highest BCUT2D eigenvalue weighted by atomic mass is 79.9. The van der Waals surface area contributed by atoms with Gasteiger partial charge in [0.25, 0.3) is 0 Å². The van der Waals surface area contributed by atoms with Crippen molar-refractivity contribution in [3.05, 3.63) is 51.6 Å². The molecule has 2 rings (SSSR count). The Morgan fingerprint density at radius 3 is 2.67 bits per heavy atom. The molecule has 0 aliphatic rings. The minimum absolute atomic E-state index is 0.889. The summed E-state index contributed by atoms with van der Waals surface area (Å²) in [4.78, 5) is 4.39. The van der Waals surface area contributed by atoms with E-state index in [0.29, 0.717) is 0 Å².